The number of carbonyl (C=O) groups is 1. The fourth-order valence-electron chi connectivity index (χ4n) is 4.15. The third-order valence-corrected chi connectivity index (χ3v) is 6.13. The third-order valence-electron chi connectivity index (χ3n) is 6.13. The monoisotopic (exact) mass is 560 g/mol. The number of aromatic amines is 1. The van der Waals surface area contributed by atoms with Gasteiger partial charge in [-0.2, -0.15) is 0 Å². The van der Waals surface area contributed by atoms with Gasteiger partial charge >= 0.3 is 0 Å². The Hall–Kier alpha value is -5.36. The molecule has 208 valence electrons. The average molecular weight is 561 g/mol. The molecule has 1 amide bonds. The molecule has 3 aromatic heterocycles. The van der Waals surface area contributed by atoms with E-state index in [0.29, 0.717) is 22.3 Å². The molecule has 0 bridgehead atoms. The van der Waals surface area contributed by atoms with Crippen molar-refractivity contribution < 1.29 is 32.9 Å². The molecule has 41 heavy (non-hydrogen) atoms. The molecule has 0 saturated carbocycles. The van der Waals surface area contributed by atoms with E-state index < -0.39 is 29.6 Å². The van der Waals surface area contributed by atoms with Crippen LogP contribution >= 0.6 is 0 Å². The molecule has 0 spiro atoms. The van der Waals surface area contributed by atoms with Gasteiger partial charge in [-0.05, 0) is 29.8 Å². The van der Waals surface area contributed by atoms with Crippen LogP contribution in [-0.2, 0) is 6.61 Å². The second-order valence-electron chi connectivity index (χ2n) is 8.63. The molecule has 10 nitrogen and oxygen atoms in total. The normalized spacial score (nSPS) is 10.9. The van der Waals surface area contributed by atoms with Crippen molar-refractivity contribution in [2.75, 3.05) is 19.5 Å². The summed E-state index contributed by atoms with van der Waals surface area (Å²) in [6.07, 6.45) is 2.62. The molecular weight excluding hydrogens is 538 g/mol. The van der Waals surface area contributed by atoms with Crippen molar-refractivity contribution in [3.05, 3.63) is 100 Å². The predicted molar refractivity (Wildman–Crippen MR) is 145 cm³/mol. The number of fused-ring (bicyclic) bond motifs is 1. The Morgan fingerprint density at radius 2 is 1.78 bits per heavy atom. The zero-order valence-corrected chi connectivity index (χ0v) is 21.7. The molecule has 2 aromatic carbocycles. The maximum absolute atomic E-state index is 15.1. The van der Waals surface area contributed by atoms with Gasteiger partial charge in [0.2, 0.25) is 5.43 Å². The minimum Gasteiger partial charge on any atom is -0.491 e. The van der Waals surface area contributed by atoms with Crippen molar-refractivity contribution in [2.24, 2.45) is 0 Å². The fraction of sp³-hybridized carbons (Fsp3) is 0.103. The molecule has 0 aliphatic heterocycles. The molecule has 0 aliphatic carbocycles. The second-order valence-corrected chi connectivity index (χ2v) is 8.63. The number of anilines is 1. The number of halogens is 2. The number of nitrogens with one attached hydrogen (secondary N) is 2. The highest BCUT2D eigenvalue weighted by Gasteiger charge is 2.20. The number of nitrogens with zero attached hydrogens (tertiary/aromatic N) is 2. The first kappa shape index (κ1) is 27.2. The van der Waals surface area contributed by atoms with E-state index in [-0.39, 0.29) is 39.9 Å². The Balaban J connectivity index is 1.41. The summed E-state index contributed by atoms with van der Waals surface area (Å²) in [4.78, 5) is 37.5. The van der Waals surface area contributed by atoms with Crippen LogP contribution in [0.1, 0.15) is 16.1 Å². The van der Waals surface area contributed by atoms with Crippen molar-refractivity contribution in [2.45, 2.75) is 6.61 Å². The number of aliphatic hydroxyl groups excluding tert-OH is 1. The highest BCUT2D eigenvalue weighted by atomic mass is 19.1. The van der Waals surface area contributed by atoms with Crippen molar-refractivity contribution >= 4 is 22.6 Å². The molecule has 0 aliphatic rings. The number of amides is 1. The Labute approximate surface area is 231 Å². The lowest BCUT2D eigenvalue weighted by Crippen LogP contribution is -2.24. The van der Waals surface area contributed by atoms with Gasteiger partial charge in [-0.25, -0.2) is 13.8 Å². The number of methoxy groups -OCH3 is 2. The Kier molecular flexibility index (Phi) is 7.57. The zero-order valence-electron chi connectivity index (χ0n) is 21.7. The number of H-pyrrole nitrogens is 1. The average Bonchev–Trinajstić information content (AvgIpc) is 2.98. The summed E-state index contributed by atoms with van der Waals surface area (Å²) >= 11 is 0. The quantitative estimate of drug-likeness (QED) is 0.246. The van der Waals surface area contributed by atoms with Crippen LogP contribution in [0.2, 0.25) is 0 Å². The fourth-order valence-corrected chi connectivity index (χ4v) is 4.15. The third kappa shape index (κ3) is 5.40. The number of rotatable bonds is 8. The van der Waals surface area contributed by atoms with Crippen molar-refractivity contribution in [3.8, 4) is 34.3 Å². The Morgan fingerprint density at radius 1 is 1.00 bits per heavy atom. The van der Waals surface area contributed by atoms with E-state index in [2.05, 4.69) is 20.3 Å². The topological polar surface area (TPSA) is 136 Å². The first-order valence-corrected chi connectivity index (χ1v) is 12.1. The summed E-state index contributed by atoms with van der Waals surface area (Å²) in [5, 5.41) is 12.2. The zero-order chi connectivity index (χ0) is 29.1. The van der Waals surface area contributed by atoms with Gasteiger partial charge in [0.1, 0.15) is 16.9 Å². The lowest BCUT2D eigenvalue weighted by atomic mass is 10.0. The number of pyridine rings is 3. The van der Waals surface area contributed by atoms with Gasteiger partial charge in [-0.3, -0.25) is 14.6 Å². The molecule has 0 saturated heterocycles. The number of hydrogen-bond donors (Lipinski definition) is 3. The lowest BCUT2D eigenvalue weighted by molar-refractivity contribution is 0.102. The van der Waals surface area contributed by atoms with Crippen LogP contribution in [0.5, 0.6) is 23.1 Å². The summed E-state index contributed by atoms with van der Waals surface area (Å²) in [6.45, 7) is -0.515. The molecule has 5 aromatic rings. The van der Waals surface area contributed by atoms with E-state index in [0.717, 1.165) is 24.4 Å². The first-order valence-electron chi connectivity index (χ1n) is 12.1. The number of carbonyl (C=O) groups excluding carboxylic acids is 1. The lowest BCUT2D eigenvalue weighted by Gasteiger charge is -2.13. The number of ether oxygens (including phenoxy) is 3. The second kappa shape index (κ2) is 11.4. The Bertz CT molecular complexity index is 1830. The van der Waals surface area contributed by atoms with E-state index in [4.69, 9.17) is 14.2 Å². The van der Waals surface area contributed by atoms with Crippen molar-refractivity contribution in [1.29, 1.82) is 0 Å². The van der Waals surface area contributed by atoms with Crippen LogP contribution in [0.4, 0.5) is 14.5 Å². The van der Waals surface area contributed by atoms with E-state index in [9.17, 15) is 19.1 Å². The molecule has 12 heteroatoms. The molecule has 5 rings (SSSR count). The highest BCUT2D eigenvalue weighted by Crippen LogP contribution is 2.35. The number of benzene rings is 2. The van der Waals surface area contributed by atoms with Crippen LogP contribution < -0.4 is 25.0 Å². The minimum atomic E-state index is -0.822. The summed E-state index contributed by atoms with van der Waals surface area (Å²) in [7, 11) is 2.89. The summed E-state index contributed by atoms with van der Waals surface area (Å²) < 4.78 is 44.7. The van der Waals surface area contributed by atoms with Crippen LogP contribution in [0.15, 0.2) is 71.8 Å². The predicted octanol–water partition coefficient (Wildman–Crippen LogP) is 4.82. The number of aliphatic hydroxyl groups is 1. The Morgan fingerprint density at radius 3 is 2.46 bits per heavy atom. The van der Waals surface area contributed by atoms with Crippen molar-refractivity contribution in [3.63, 3.8) is 0 Å². The number of hydrogen-bond acceptors (Lipinski definition) is 8. The summed E-state index contributed by atoms with van der Waals surface area (Å²) in [5.41, 5.74) is 0.294. The van der Waals surface area contributed by atoms with Gasteiger partial charge in [0.15, 0.2) is 23.1 Å². The smallest absolute Gasteiger partial charge is 0.261 e. The maximum atomic E-state index is 15.1. The first-order chi connectivity index (χ1) is 19.8. The van der Waals surface area contributed by atoms with Crippen LogP contribution in [0.25, 0.3) is 22.2 Å². The molecule has 3 heterocycles. The van der Waals surface area contributed by atoms with E-state index >= 15 is 4.39 Å². The van der Waals surface area contributed by atoms with Crippen LogP contribution in [0.3, 0.4) is 0 Å². The van der Waals surface area contributed by atoms with Crippen LogP contribution in [0, 0.1) is 11.6 Å². The standard InChI is InChI=1S/C29H22F2N4O6/c1-39-24-12-20-26(35-29(24)40-2)23(9-10-32-20)41-22-8-7-17(11-19(22)31)34-28(38)18-13-33-21(14-36)25(27(18)37)15-3-5-16(30)6-4-15/h3-13,36H,14H2,1-2H3,(H,33,37)(H,34,38). The molecule has 0 fully saturated rings. The largest absolute Gasteiger partial charge is 0.491 e. The SMILES string of the molecule is COc1cc2nccc(Oc3ccc(NC(=O)c4c[nH]c(CO)c(-c5ccc(F)cc5)c4=O)cc3F)c2nc1OC. The maximum Gasteiger partial charge on any atom is 0.261 e. The van der Waals surface area contributed by atoms with E-state index in [1.165, 1.54) is 50.7 Å². The highest BCUT2D eigenvalue weighted by molar-refractivity contribution is 6.04. The van der Waals surface area contributed by atoms with Crippen molar-refractivity contribution in [1.82, 2.24) is 15.0 Å². The molecule has 0 unspecified atom stereocenters. The molecular formula is C29H22F2N4O6. The summed E-state index contributed by atoms with van der Waals surface area (Å²) in [6, 6.07) is 11.9. The van der Waals surface area contributed by atoms with E-state index in [1.807, 2.05) is 0 Å². The molecule has 0 atom stereocenters. The summed E-state index contributed by atoms with van der Waals surface area (Å²) in [5.74, 6) is -1.52. The molecule has 0 radical (unpaired) electrons. The van der Waals surface area contributed by atoms with Gasteiger partial charge in [-0.15, -0.1) is 0 Å². The van der Waals surface area contributed by atoms with Gasteiger partial charge in [0, 0.05) is 36.3 Å². The van der Waals surface area contributed by atoms with E-state index in [1.54, 1.807) is 6.07 Å². The van der Waals surface area contributed by atoms with Gasteiger partial charge < -0.3 is 29.6 Å². The number of aromatic nitrogens is 3. The molecule has 3 N–H and O–H groups in total. The van der Waals surface area contributed by atoms with Gasteiger partial charge in [0.05, 0.1) is 37.6 Å². The van der Waals surface area contributed by atoms with Crippen LogP contribution in [-0.4, -0.2) is 40.2 Å². The van der Waals surface area contributed by atoms with Gasteiger partial charge in [0.25, 0.3) is 11.8 Å². The van der Waals surface area contributed by atoms with Gasteiger partial charge in [-0.1, -0.05) is 12.1 Å². The minimum absolute atomic E-state index is 0.0162.